The maximum absolute atomic E-state index is 13.1. The van der Waals surface area contributed by atoms with Crippen molar-refractivity contribution in [3.63, 3.8) is 0 Å². The molecule has 1 saturated heterocycles. The SMILES string of the molecule is CCCCCCCCCCCCCCCCCCCCCCCCCCCCCCCCCCCC(=O)NC(COC1OC(CO)C(O)C(O)C1O)C(O)CCCCCCCCCCCCCCC. The third kappa shape index (κ3) is 40.3. The van der Waals surface area contributed by atoms with Gasteiger partial charge in [-0.15, -0.1) is 0 Å². The van der Waals surface area contributed by atoms with Crippen molar-refractivity contribution in [3.05, 3.63) is 0 Å². The molecule has 0 aromatic carbocycles. The van der Waals surface area contributed by atoms with Gasteiger partial charge in [0.2, 0.25) is 5.91 Å². The molecular formula is C60H119NO8. The molecule has 1 rings (SSSR count). The fraction of sp³-hybridized carbons (Fsp3) is 0.983. The second kappa shape index (κ2) is 50.7. The first-order valence-corrected chi connectivity index (χ1v) is 30.7. The van der Waals surface area contributed by atoms with Gasteiger partial charge in [0.15, 0.2) is 6.29 Å². The van der Waals surface area contributed by atoms with Crippen LogP contribution in [-0.4, -0.2) is 87.5 Å². The van der Waals surface area contributed by atoms with Crippen LogP contribution in [0, 0.1) is 0 Å². The van der Waals surface area contributed by atoms with Gasteiger partial charge in [-0.1, -0.05) is 303 Å². The van der Waals surface area contributed by atoms with E-state index in [1.54, 1.807) is 0 Å². The van der Waals surface area contributed by atoms with E-state index < -0.39 is 49.5 Å². The Morgan fingerprint density at radius 2 is 0.725 bits per heavy atom. The van der Waals surface area contributed by atoms with Crippen LogP contribution in [0.25, 0.3) is 0 Å². The molecule has 0 radical (unpaired) electrons. The molecule has 0 aromatic rings. The van der Waals surface area contributed by atoms with E-state index in [1.807, 2.05) is 0 Å². The van der Waals surface area contributed by atoms with Gasteiger partial charge in [0.1, 0.15) is 24.4 Å². The Bertz CT molecular complexity index is 1050. The fourth-order valence-electron chi connectivity index (χ4n) is 10.3. The second-order valence-corrected chi connectivity index (χ2v) is 21.9. The van der Waals surface area contributed by atoms with E-state index in [-0.39, 0.29) is 12.5 Å². The van der Waals surface area contributed by atoms with Crippen molar-refractivity contribution in [2.24, 2.45) is 0 Å². The van der Waals surface area contributed by atoms with Crippen LogP contribution in [0.5, 0.6) is 0 Å². The van der Waals surface area contributed by atoms with Crippen molar-refractivity contribution in [2.75, 3.05) is 13.2 Å². The summed E-state index contributed by atoms with van der Waals surface area (Å²) in [6.07, 6.45) is 54.5. The number of aliphatic hydroxyl groups is 5. The van der Waals surface area contributed by atoms with E-state index in [2.05, 4.69) is 19.2 Å². The van der Waals surface area contributed by atoms with E-state index in [0.717, 1.165) is 38.5 Å². The normalized spacial score (nSPS) is 19.3. The largest absolute Gasteiger partial charge is 0.394 e. The van der Waals surface area contributed by atoms with Crippen LogP contribution < -0.4 is 5.32 Å². The molecule has 1 heterocycles. The van der Waals surface area contributed by atoms with E-state index in [1.165, 1.54) is 257 Å². The lowest BCUT2D eigenvalue weighted by Crippen LogP contribution is -2.60. The van der Waals surface area contributed by atoms with E-state index in [4.69, 9.17) is 9.47 Å². The molecular weight excluding hydrogens is 863 g/mol. The molecule has 9 heteroatoms. The van der Waals surface area contributed by atoms with E-state index in [9.17, 15) is 30.3 Å². The Labute approximate surface area is 427 Å². The summed E-state index contributed by atoms with van der Waals surface area (Å²) in [4.78, 5) is 13.1. The Morgan fingerprint density at radius 3 is 1.03 bits per heavy atom. The summed E-state index contributed by atoms with van der Waals surface area (Å²) in [6, 6.07) is -0.713. The zero-order chi connectivity index (χ0) is 50.1. The molecule has 0 aromatic heterocycles. The molecule has 412 valence electrons. The third-order valence-electron chi connectivity index (χ3n) is 15.2. The van der Waals surface area contributed by atoms with Crippen molar-refractivity contribution in [1.29, 1.82) is 0 Å². The van der Waals surface area contributed by atoms with E-state index in [0.29, 0.717) is 12.8 Å². The first-order chi connectivity index (χ1) is 33.8. The Hall–Kier alpha value is -0.810. The molecule has 7 unspecified atom stereocenters. The summed E-state index contributed by atoms with van der Waals surface area (Å²) in [7, 11) is 0. The summed E-state index contributed by atoms with van der Waals surface area (Å²) in [6.45, 7) is 3.88. The number of aliphatic hydroxyl groups excluding tert-OH is 5. The lowest BCUT2D eigenvalue weighted by molar-refractivity contribution is -0.302. The van der Waals surface area contributed by atoms with Crippen LogP contribution in [0.4, 0.5) is 0 Å². The highest BCUT2D eigenvalue weighted by atomic mass is 16.7. The van der Waals surface area contributed by atoms with Gasteiger partial charge < -0.3 is 40.3 Å². The first-order valence-electron chi connectivity index (χ1n) is 30.7. The van der Waals surface area contributed by atoms with Crippen molar-refractivity contribution < 1.29 is 39.8 Å². The third-order valence-corrected chi connectivity index (χ3v) is 15.2. The second-order valence-electron chi connectivity index (χ2n) is 21.9. The summed E-state index contributed by atoms with van der Waals surface area (Å²) in [5.41, 5.74) is 0. The van der Waals surface area contributed by atoms with Crippen LogP contribution in [0.3, 0.4) is 0 Å². The number of hydrogen-bond acceptors (Lipinski definition) is 8. The Morgan fingerprint density at radius 1 is 0.435 bits per heavy atom. The standard InChI is InChI=1S/C60H119NO8/c1-3-5-7-9-11-13-15-17-18-19-20-21-22-23-24-25-26-27-28-29-30-31-32-33-34-35-36-38-40-42-44-46-48-50-56(64)61-53(52-68-60-59(67)58(66)57(65)55(51-62)69-60)54(63)49-47-45-43-41-39-37-16-14-12-10-8-6-4-2/h53-55,57-60,62-63,65-67H,3-52H2,1-2H3,(H,61,64). The zero-order valence-corrected chi connectivity index (χ0v) is 45.9. The molecule has 0 spiro atoms. The van der Waals surface area contributed by atoms with Gasteiger partial charge in [-0.05, 0) is 12.8 Å². The lowest BCUT2D eigenvalue weighted by Gasteiger charge is -2.40. The van der Waals surface area contributed by atoms with Crippen molar-refractivity contribution in [1.82, 2.24) is 5.32 Å². The smallest absolute Gasteiger partial charge is 0.220 e. The van der Waals surface area contributed by atoms with Crippen molar-refractivity contribution in [3.8, 4) is 0 Å². The maximum Gasteiger partial charge on any atom is 0.220 e. The quantitative estimate of drug-likeness (QED) is 0.0330. The highest BCUT2D eigenvalue weighted by Crippen LogP contribution is 2.24. The molecule has 1 fully saturated rings. The van der Waals surface area contributed by atoms with Crippen molar-refractivity contribution >= 4 is 5.91 Å². The van der Waals surface area contributed by atoms with Crippen LogP contribution in [-0.2, 0) is 14.3 Å². The minimum Gasteiger partial charge on any atom is -0.394 e. The number of nitrogens with one attached hydrogen (secondary N) is 1. The maximum atomic E-state index is 13.1. The molecule has 0 saturated carbocycles. The van der Waals surface area contributed by atoms with Crippen LogP contribution in [0.2, 0.25) is 0 Å². The molecule has 6 N–H and O–H groups in total. The van der Waals surface area contributed by atoms with Gasteiger partial charge in [0, 0.05) is 6.42 Å². The van der Waals surface area contributed by atoms with Gasteiger partial charge in [-0.3, -0.25) is 4.79 Å². The van der Waals surface area contributed by atoms with Crippen LogP contribution in [0.15, 0.2) is 0 Å². The van der Waals surface area contributed by atoms with Crippen LogP contribution >= 0.6 is 0 Å². The highest BCUT2D eigenvalue weighted by Gasteiger charge is 2.44. The predicted molar refractivity (Wildman–Crippen MR) is 291 cm³/mol. The van der Waals surface area contributed by atoms with Gasteiger partial charge in [0.25, 0.3) is 0 Å². The molecule has 0 aliphatic carbocycles. The molecule has 1 aliphatic rings. The number of hydrogen-bond donors (Lipinski definition) is 6. The lowest BCUT2D eigenvalue weighted by atomic mass is 9.99. The molecule has 1 amide bonds. The topological polar surface area (TPSA) is 149 Å². The molecule has 1 aliphatic heterocycles. The zero-order valence-electron chi connectivity index (χ0n) is 45.9. The average Bonchev–Trinajstić information content (AvgIpc) is 3.35. The minimum absolute atomic E-state index is 0.131. The molecule has 69 heavy (non-hydrogen) atoms. The fourth-order valence-corrected chi connectivity index (χ4v) is 10.3. The number of amides is 1. The molecule has 9 nitrogen and oxygen atoms in total. The monoisotopic (exact) mass is 982 g/mol. The molecule has 0 bridgehead atoms. The Kier molecular flexibility index (Phi) is 48.7. The number of unbranched alkanes of at least 4 members (excludes halogenated alkanes) is 44. The summed E-state index contributed by atoms with van der Waals surface area (Å²) >= 11 is 0. The van der Waals surface area contributed by atoms with Gasteiger partial charge in [0.05, 0.1) is 25.4 Å². The number of carbonyl (C=O) groups excluding carboxylic acids is 1. The number of carbonyl (C=O) groups is 1. The average molecular weight is 983 g/mol. The highest BCUT2D eigenvalue weighted by molar-refractivity contribution is 5.76. The Balaban J connectivity index is 2.06. The van der Waals surface area contributed by atoms with Gasteiger partial charge in [-0.25, -0.2) is 0 Å². The van der Waals surface area contributed by atoms with Crippen molar-refractivity contribution in [2.45, 2.75) is 365 Å². The minimum atomic E-state index is -1.55. The van der Waals surface area contributed by atoms with E-state index >= 15 is 0 Å². The predicted octanol–water partition coefficient (Wildman–Crippen LogP) is 15.4. The van der Waals surface area contributed by atoms with Gasteiger partial charge >= 0.3 is 0 Å². The number of rotatable bonds is 54. The molecule has 7 atom stereocenters. The summed E-state index contributed by atoms with van der Waals surface area (Å²) < 4.78 is 11.3. The summed E-state index contributed by atoms with van der Waals surface area (Å²) in [5, 5.41) is 54.6. The summed E-state index contributed by atoms with van der Waals surface area (Å²) in [5.74, 6) is -0.137. The van der Waals surface area contributed by atoms with Gasteiger partial charge in [-0.2, -0.15) is 0 Å². The van der Waals surface area contributed by atoms with Crippen LogP contribution in [0.1, 0.15) is 322 Å². The first kappa shape index (κ1) is 66.2. The number of ether oxygens (including phenoxy) is 2.